The lowest BCUT2D eigenvalue weighted by Crippen LogP contribution is -2.40. The normalized spacial score (nSPS) is 19.0. The molecule has 1 aromatic heterocycles. The van der Waals surface area contributed by atoms with Crippen LogP contribution in [-0.4, -0.2) is 44.3 Å². The Morgan fingerprint density at radius 2 is 2.07 bits per heavy atom. The zero-order valence-electron chi connectivity index (χ0n) is 16.1. The number of nitrogens with one attached hydrogen (secondary N) is 1. The molecule has 7 heteroatoms. The van der Waals surface area contributed by atoms with E-state index in [1.54, 1.807) is 25.3 Å². The first-order valence-corrected chi connectivity index (χ1v) is 9.68. The van der Waals surface area contributed by atoms with E-state index in [0.717, 1.165) is 44.0 Å². The van der Waals surface area contributed by atoms with Gasteiger partial charge in [0.15, 0.2) is 11.5 Å². The second-order valence-electron chi connectivity index (χ2n) is 7.32. The molecule has 0 bridgehead atoms. The number of likely N-dealkylation sites (tertiary alicyclic amines) is 1. The van der Waals surface area contributed by atoms with Crippen LogP contribution in [0.15, 0.2) is 34.7 Å². The highest BCUT2D eigenvalue weighted by Crippen LogP contribution is 2.32. The molecule has 1 aromatic carbocycles. The zero-order chi connectivity index (χ0) is 19.3. The molecule has 2 aliphatic rings. The van der Waals surface area contributed by atoms with E-state index in [1.165, 1.54) is 0 Å². The van der Waals surface area contributed by atoms with E-state index in [4.69, 9.17) is 18.6 Å². The largest absolute Gasteiger partial charge is 0.462 e. The summed E-state index contributed by atoms with van der Waals surface area (Å²) in [6.45, 7) is 4.15. The van der Waals surface area contributed by atoms with Crippen molar-refractivity contribution in [2.75, 3.05) is 33.5 Å². The van der Waals surface area contributed by atoms with Crippen LogP contribution in [-0.2, 0) is 17.9 Å². The number of amides is 1. The second-order valence-corrected chi connectivity index (χ2v) is 7.32. The summed E-state index contributed by atoms with van der Waals surface area (Å²) >= 11 is 0. The number of hydrogen-bond acceptors (Lipinski definition) is 6. The third kappa shape index (κ3) is 4.48. The number of fused-ring (bicyclic) bond motifs is 1. The third-order valence-electron chi connectivity index (χ3n) is 5.17. The molecule has 1 amide bonds. The predicted octanol–water partition coefficient (Wildman–Crippen LogP) is 2.80. The predicted molar refractivity (Wildman–Crippen MR) is 102 cm³/mol. The minimum Gasteiger partial charge on any atom is -0.462 e. The number of carbonyl (C=O) groups excluding carboxylic acids is 1. The highest BCUT2D eigenvalue weighted by molar-refractivity contribution is 5.94. The smallest absolute Gasteiger partial charge is 0.251 e. The van der Waals surface area contributed by atoms with Crippen LogP contribution in [0.4, 0.5) is 0 Å². The molecule has 0 aliphatic carbocycles. The lowest BCUT2D eigenvalue weighted by atomic mass is 9.97. The van der Waals surface area contributed by atoms with Crippen molar-refractivity contribution in [2.24, 2.45) is 5.92 Å². The van der Waals surface area contributed by atoms with Crippen molar-refractivity contribution in [1.82, 2.24) is 10.2 Å². The van der Waals surface area contributed by atoms with Crippen molar-refractivity contribution in [1.29, 1.82) is 0 Å². The van der Waals surface area contributed by atoms with Gasteiger partial charge < -0.3 is 23.9 Å². The van der Waals surface area contributed by atoms with E-state index in [9.17, 15) is 4.79 Å². The van der Waals surface area contributed by atoms with Gasteiger partial charge in [-0.15, -0.1) is 0 Å². The summed E-state index contributed by atoms with van der Waals surface area (Å²) in [7, 11) is 1.66. The summed E-state index contributed by atoms with van der Waals surface area (Å²) in [5.41, 5.74) is 0.596. The quantitative estimate of drug-likeness (QED) is 0.789. The maximum Gasteiger partial charge on any atom is 0.251 e. The topological polar surface area (TPSA) is 73.2 Å². The maximum atomic E-state index is 12.5. The molecule has 1 N–H and O–H groups in total. The van der Waals surface area contributed by atoms with Crippen LogP contribution < -0.4 is 14.8 Å². The molecule has 150 valence electrons. The van der Waals surface area contributed by atoms with E-state index in [-0.39, 0.29) is 12.7 Å². The monoisotopic (exact) mass is 386 g/mol. The molecular weight excluding hydrogens is 360 g/mol. The molecule has 3 heterocycles. The molecule has 0 saturated carbocycles. The van der Waals surface area contributed by atoms with Crippen molar-refractivity contribution < 1.29 is 23.4 Å². The molecule has 0 unspecified atom stereocenters. The van der Waals surface area contributed by atoms with E-state index in [2.05, 4.69) is 10.2 Å². The van der Waals surface area contributed by atoms with Gasteiger partial charge in [0.2, 0.25) is 6.79 Å². The SMILES string of the molecule is COCc1ccc(CN2CCC[C@H](CNC(=O)c3ccc4c(c3)OCO4)C2)o1. The Balaban J connectivity index is 1.27. The van der Waals surface area contributed by atoms with Gasteiger partial charge in [0, 0.05) is 25.8 Å². The highest BCUT2D eigenvalue weighted by atomic mass is 16.7. The zero-order valence-corrected chi connectivity index (χ0v) is 16.1. The fourth-order valence-corrected chi connectivity index (χ4v) is 3.79. The molecular formula is C21H26N2O5. The van der Waals surface area contributed by atoms with E-state index < -0.39 is 0 Å². The van der Waals surface area contributed by atoms with Crippen LogP contribution in [0, 0.1) is 5.92 Å². The molecule has 7 nitrogen and oxygen atoms in total. The third-order valence-corrected chi connectivity index (χ3v) is 5.17. The maximum absolute atomic E-state index is 12.5. The number of piperidine rings is 1. The summed E-state index contributed by atoms with van der Waals surface area (Å²) in [5, 5.41) is 3.06. The Bertz CT molecular complexity index is 819. The first-order valence-electron chi connectivity index (χ1n) is 9.68. The van der Waals surface area contributed by atoms with E-state index in [0.29, 0.717) is 36.1 Å². The number of methoxy groups -OCH3 is 1. The first kappa shape index (κ1) is 18.8. The molecule has 2 aliphatic heterocycles. The fourth-order valence-electron chi connectivity index (χ4n) is 3.79. The Morgan fingerprint density at radius 1 is 1.21 bits per heavy atom. The van der Waals surface area contributed by atoms with Gasteiger partial charge in [-0.1, -0.05) is 0 Å². The Labute approximate surface area is 164 Å². The number of ether oxygens (including phenoxy) is 3. The average molecular weight is 386 g/mol. The summed E-state index contributed by atoms with van der Waals surface area (Å²) in [4.78, 5) is 14.9. The van der Waals surface area contributed by atoms with Gasteiger partial charge in [0.25, 0.3) is 5.91 Å². The van der Waals surface area contributed by atoms with Gasteiger partial charge in [0.1, 0.15) is 18.1 Å². The Morgan fingerprint density at radius 3 is 2.96 bits per heavy atom. The van der Waals surface area contributed by atoms with E-state index >= 15 is 0 Å². The number of carbonyl (C=O) groups is 1. The summed E-state index contributed by atoms with van der Waals surface area (Å²) < 4.78 is 21.5. The van der Waals surface area contributed by atoms with E-state index in [1.807, 2.05) is 12.1 Å². The molecule has 2 aromatic rings. The molecule has 1 atom stereocenters. The summed E-state index contributed by atoms with van der Waals surface area (Å²) in [6, 6.07) is 9.26. The molecule has 1 saturated heterocycles. The molecule has 0 radical (unpaired) electrons. The lowest BCUT2D eigenvalue weighted by molar-refractivity contribution is 0.0927. The standard InChI is InChI=1S/C21H26N2O5/c1-25-13-18-6-5-17(28-18)12-23-8-2-3-15(11-23)10-22-21(24)16-4-7-19-20(9-16)27-14-26-19/h4-7,9,15H,2-3,8,10-14H2,1H3,(H,22,24)/t15-/m1/s1. The molecule has 4 rings (SSSR count). The fraction of sp³-hybridized carbons (Fsp3) is 0.476. The van der Waals surface area contributed by atoms with Crippen LogP contribution in [0.5, 0.6) is 11.5 Å². The number of hydrogen-bond donors (Lipinski definition) is 1. The van der Waals surface area contributed by atoms with Crippen molar-refractivity contribution in [3.8, 4) is 11.5 Å². The van der Waals surface area contributed by atoms with Crippen molar-refractivity contribution in [3.05, 3.63) is 47.4 Å². The summed E-state index contributed by atoms with van der Waals surface area (Å²) in [5.74, 6) is 3.47. The van der Waals surface area contributed by atoms with Crippen LogP contribution in [0.2, 0.25) is 0 Å². The van der Waals surface area contributed by atoms with Crippen LogP contribution in [0.3, 0.4) is 0 Å². The lowest BCUT2D eigenvalue weighted by Gasteiger charge is -2.32. The number of nitrogens with zero attached hydrogens (tertiary/aromatic N) is 1. The first-order chi connectivity index (χ1) is 13.7. The Kier molecular flexibility index (Phi) is 5.83. The minimum absolute atomic E-state index is 0.0781. The number of benzene rings is 1. The van der Waals surface area contributed by atoms with Gasteiger partial charge >= 0.3 is 0 Å². The molecule has 1 fully saturated rings. The average Bonchev–Trinajstić information content (AvgIpc) is 3.35. The van der Waals surface area contributed by atoms with Gasteiger partial charge in [-0.3, -0.25) is 9.69 Å². The van der Waals surface area contributed by atoms with Crippen LogP contribution in [0.25, 0.3) is 0 Å². The Hall–Kier alpha value is -2.51. The minimum atomic E-state index is -0.0781. The van der Waals surface area contributed by atoms with Crippen LogP contribution >= 0.6 is 0 Å². The summed E-state index contributed by atoms with van der Waals surface area (Å²) in [6.07, 6.45) is 2.24. The number of furan rings is 1. The van der Waals surface area contributed by atoms with Crippen LogP contribution in [0.1, 0.15) is 34.7 Å². The van der Waals surface area contributed by atoms with Crippen molar-refractivity contribution in [2.45, 2.75) is 26.0 Å². The second kappa shape index (κ2) is 8.67. The highest BCUT2D eigenvalue weighted by Gasteiger charge is 2.22. The van der Waals surface area contributed by atoms with Gasteiger partial charge in [-0.25, -0.2) is 0 Å². The van der Waals surface area contributed by atoms with Crippen molar-refractivity contribution in [3.63, 3.8) is 0 Å². The van der Waals surface area contributed by atoms with Gasteiger partial charge in [0.05, 0.1) is 6.54 Å². The number of rotatable bonds is 7. The van der Waals surface area contributed by atoms with Crippen molar-refractivity contribution >= 4 is 5.91 Å². The van der Waals surface area contributed by atoms with Gasteiger partial charge in [-0.05, 0) is 55.6 Å². The van der Waals surface area contributed by atoms with Gasteiger partial charge in [-0.2, -0.15) is 0 Å². The molecule has 0 spiro atoms. The molecule has 28 heavy (non-hydrogen) atoms.